The van der Waals surface area contributed by atoms with E-state index in [1.807, 2.05) is 6.07 Å². The fourth-order valence-corrected chi connectivity index (χ4v) is 2.82. The Bertz CT molecular complexity index is 1050. The molecule has 0 aliphatic carbocycles. The summed E-state index contributed by atoms with van der Waals surface area (Å²) in [6, 6.07) is 11.0. The first-order valence-corrected chi connectivity index (χ1v) is 8.35. The number of nitriles is 1. The van der Waals surface area contributed by atoms with E-state index in [0.717, 1.165) is 0 Å². The number of hydrogen-bond acceptors (Lipinski definition) is 6. The van der Waals surface area contributed by atoms with E-state index >= 15 is 0 Å². The van der Waals surface area contributed by atoms with Crippen LogP contribution in [0.25, 0.3) is 11.3 Å². The van der Waals surface area contributed by atoms with Crippen LogP contribution in [0.15, 0.2) is 36.4 Å². The molecule has 3 rings (SSSR count). The lowest BCUT2D eigenvalue weighted by atomic mass is 10.1. The van der Waals surface area contributed by atoms with Crippen LogP contribution in [0.4, 0.5) is 16.2 Å². The molecule has 0 atom stereocenters. The smallest absolute Gasteiger partial charge is 0.222 e. The average molecular weight is 404 g/mol. The van der Waals surface area contributed by atoms with Gasteiger partial charge in [0.25, 0.3) is 0 Å². The van der Waals surface area contributed by atoms with E-state index in [9.17, 15) is 9.65 Å². The summed E-state index contributed by atoms with van der Waals surface area (Å²) < 4.78 is 19.7. The van der Waals surface area contributed by atoms with Gasteiger partial charge in [-0.25, -0.2) is 9.37 Å². The van der Waals surface area contributed by atoms with Crippen LogP contribution in [-0.2, 0) is 6.61 Å². The van der Waals surface area contributed by atoms with E-state index in [0.29, 0.717) is 16.3 Å². The Labute approximate surface area is 164 Å². The van der Waals surface area contributed by atoms with Gasteiger partial charge in [-0.15, -0.1) is 0 Å². The lowest BCUT2D eigenvalue weighted by molar-refractivity contribution is 0.301. The lowest BCUT2D eigenvalue weighted by Crippen LogP contribution is -2.06. The maximum Gasteiger partial charge on any atom is 0.222 e. The second kappa shape index (κ2) is 7.66. The van der Waals surface area contributed by atoms with E-state index in [-0.39, 0.29) is 40.2 Å². The van der Waals surface area contributed by atoms with E-state index in [1.54, 1.807) is 24.3 Å². The van der Waals surface area contributed by atoms with Crippen molar-refractivity contribution in [2.45, 2.75) is 6.61 Å². The average Bonchev–Trinajstić information content (AvgIpc) is 2.61. The van der Waals surface area contributed by atoms with Crippen molar-refractivity contribution in [2.24, 2.45) is 0 Å². The fraction of sp³-hybridized carbons (Fsp3) is 0.0556. The van der Waals surface area contributed by atoms with Gasteiger partial charge in [0.2, 0.25) is 5.95 Å². The molecule has 0 spiro atoms. The molecule has 0 fully saturated rings. The summed E-state index contributed by atoms with van der Waals surface area (Å²) in [5.74, 6) is -0.369. The van der Waals surface area contributed by atoms with Gasteiger partial charge in [0.15, 0.2) is 0 Å². The van der Waals surface area contributed by atoms with Crippen LogP contribution >= 0.6 is 23.2 Å². The Morgan fingerprint density at radius 1 is 1.15 bits per heavy atom. The van der Waals surface area contributed by atoms with Crippen molar-refractivity contribution in [3.63, 3.8) is 0 Å². The number of ether oxygens (including phenoxy) is 1. The van der Waals surface area contributed by atoms with Crippen LogP contribution in [0.3, 0.4) is 0 Å². The van der Waals surface area contributed by atoms with Crippen molar-refractivity contribution in [3.8, 4) is 23.1 Å². The molecule has 4 N–H and O–H groups in total. The minimum absolute atomic E-state index is 0.0280. The topological polar surface area (TPSA) is 111 Å². The molecule has 6 nitrogen and oxygen atoms in total. The van der Waals surface area contributed by atoms with Crippen LogP contribution in [-0.4, -0.2) is 9.97 Å². The van der Waals surface area contributed by atoms with E-state index in [1.165, 1.54) is 12.1 Å². The van der Waals surface area contributed by atoms with Crippen molar-refractivity contribution in [2.75, 3.05) is 11.5 Å². The number of anilines is 2. The number of nitrogen functional groups attached to an aromatic ring is 2. The summed E-state index contributed by atoms with van der Waals surface area (Å²) in [5.41, 5.74) is 12.2. The molecule has 0 unspecified atom stereocenters. The molecule has 0 bridgehead atoms. The van der Waals surface area contributed by atoms with Crippen LogP contribution < -0.4 is 16.2 Å². The molecule has 9 heteroatoms. The first kappa shape index (κ1) is 18.7. The number of halogens is 3. The maximum atomic E-state index is 14.0. The molecular weight excluding hydrogens is 392 g/mol. The molecule has 136 valence electrons. The third kappa shape index (κ3) is 3.87. The first-order chi connectivity index (χ1) is 12.9. The molecule has 27 heavy (non-hydrogen) atoms. The predicted molar refractivity (Wildman–Crippen MR) is 102 cm³/mol. The molecule has 1 heterocycles. The van der Waals surface area contributed by atoms with Gasteiger partial charge in [-0.1, -0.05) is 29.3 Å². The third-order valence-corrected chi connectivity index (χ3v) is 4.29. The maximum absolute atomic E-state index is 14.0. The van der Waals surface area contributed by atoms with Crippen molar-refractivity contribution >= 4 is 35.0 Å². The zero-order valence-corrected chi connectivity index (χ0v) is 15.2. The van der Waals surface area contributed by atoms with Crippen molar-refractivity contribution in [1.82, 2.24) is 9.97 Å². The predicted octanol–water partition coefficient (Wildman–Crippen LogP) is 4.20. The molecule has 0 aliphatic rings. The van der Waals surface area contributed by atoms with Gasteiger partial charge in [-0.2, -0.15) is 10.2 Å². The number of nitrogens with zero attached hydrogens (tertiary/aromatic N) is 3. The van der Waals surface area contributed by atoms with Crippen molar-refractivity contribution in [3.05, 3.63) is 63.4 Å². The second-order valence-electron chi connectivity index (χ2n) is 5.43. The van der Waals surface area contributed by atoms with Gasteiger partial charge in [0.05, 0.1) is 10.7 Å². The summed E-state index contributed by atoms with van der Waals surface area (Å²) in [7, 11) is 0. The number of aromatic nitrogens is 2. The van der Waals surface area contributed by atoms with Gasteiger partial charge >= 0.3 is 0 Å². The highest BCUT2D eigenvalue weighted by molar-refractivity contribution is 6.31. The summed E-state index contributed by atoms with van der Waals surface area (Å²) in [5, 5.41) is 10.0. The van der Waals surface area contributed by atoms with E-state index in [4.69, 9.17) is 39.4 Å². The molecule has 1 aromatic heterocycles. The molecule has 0 saturated carbocycles. The minimum Gasteiger partial charge on any atom is -0.488 e. The SMILES string of the molecule is N#Cc1c(N)nc(N)nc1-c1cc(Cl)ccc1OCc1c(F)cccc1Cl. The van der Waals surface area contributed by atoms with E-state index in [2.05, 4.69) is 9.97 Å². The Hall–Kier alpha value is -3.08. The summed E-state index contributed by atoms with van der Waals surface area (Å²) >= 11 is 12.1. The minimum atomic E-state index is -0.494. The number of hydrogen-bond donors (Lipinski definition) is 2. The van der Waals surface area contributed by atoms with Gasteiger partial charge in [-0.3, -0.25) is 0 Å². The monoisotopic (exact) mass is 403 g/mol. The first-order valence-electron chi connectivity index (χ1n) is 7.59. The number of rotatable bonds is 4. The Morgan fingerprint density at radius 3 is 2.63 bits per heavy atom. The molecule has 0 amide bonds. The summed E-state index contributed by atoms with van der Waals surface area (Å²) in [6.07, 6.45) is 0. The van der Waals surface area contributed by atoms with Crippen molar-refractivity contribution < 1.29 is 9.13 Å². The highest BCUT2D eigenvalue weighted by Crippen LogP contribution is 2.36. The second-order valence-corrected chi connectivity index (χ2v) is 6.28. The lowest BCUT2D eigenvalue weighted by Gasteiger charge is -2.14. The number of benzene rings is 2. The zero-order chi connectivity index (χ0) is 19.6. The molecule has 0 radical (unpaired) electrons. The molecule has 2 aromatic carbocycles. The van der Waals surface area contributed by atoms with Crippen LogP contribution in [0.5, 0.6) is 5.75 Å². The molecule has 3 aromatic rings. The summed E-state index contributed by atoms with van der Waals surface area (Å²) in [6.45, 7) is -0.141. The Kier molecular flexibility index (Phi) is 5.31. The van der Waals surface area contributed by atoms with Gasteiger partial charge in [0, 0.05) is 16.1 Å². The van der Waals surface area contributed by atoms with E-state index < -0.39 is 5.82 Å². The largest absolute Gasteiger partial charge is 0.488 e. The zero-order valence-electron chi connectivity index (χ0n) is 13.7. The van der Waals surface area contributed by atoms with Crippen LogP contribution in [0, 0.1) is 17.1 Å². The molecular formula is C18H12Cl2FN5O. The van der Waals surface area contributed by atoms with Crippen LogP contribution in [0.2, 0.25) is 10.0 Å². The standard InChI is InChI=1S/C18H12Cl2FN5O/c19-9-4-5-15(27-8-12-13(20)2-1-3-14(12)21)10(6-9)16-11(7-22)17(23)26-18(24)25-16/h1-6H,8H2,(H4,23,24,25,26). The molecule has 0 saturated heterocycles. The Morgan fingerprint density at radius 2 is 1.93 bits per heavy atom. The fourth-order valence-electron chi connectivity index (χ4n) is 2.43. The van der Waals surface area contributed by atoms with Gasteiger partial charge in [-0.05, 0) is 30.3 Å². The van der Waals surface area contributed by atoms with Gasteiger partial charge in [0.1, 0.15) is 35.6 Å². The quantitative estimate of drug-likeness (QED) is 0.674. The number of nitrogens with two attached hydrogens (primary N) is 2. The van der Waals surface area contributed by atoms with Crippen LogP contribution in [0.1, 0.15) is 11.1 Å². The highest BCUT2D eigenvalue weighted by atomic mass is 35.5. The molecule has 0 aliphatic heterocycles. The Balaban J connectivity index is 2.07. The normalized spacial score (nSPS) is 10.4. The highest BCUT2D eigenvalue weighted by Gasteiger charge is 2.18. The third-order valence-electron chi connectivity index (χ3n) is 3.70. The van der Waals surface area contributed by atoms with Crippen molar-refractivity contribution in [1.29, 1.82) is 5.26 Å². The summed E-state index contributed by atoms with van der Waals surface area (Å²) in [4.78, 5) is 7.87. The van der Waals surface area contributed by atoms with Gasteiger partial charge < -0.3 is 16.2 Å².